The lowest BCUT2D eigenvalue weighted by atomic mass is 9.98. The number of aliphatic hydroxyl groups excluding tert-OH is 1. The number of hydrogen-bond acceptors (Lipinski definition) is 2. The molecule has 6 heteroatoms. The van der Waals surface area contributed by atoms with Crippen molar-refractivity contribution in [3.05, 3.63) is 56.2 Å². The predicted molar refractivity (Wildman–Crippen MR) is 67.5 cm³/mol. The molecule has 1 N–H and O–H groups in total. The first-order chi connectivity index (χ1) is 8.39. The van der Waals surface area contributed by atoms with Gasteiger partial charge in [0.2, 0.25) is 0 Å². The Labute approximate surface area is 114 Å². The van der Waals surface area contributed by atoms with Crippen LogP contribution in [0.4, 0.5) is 13.2 Å². The number of halogens is 4. The molecule has 0 saturated carbocycles. The summed E-state index contributed by atoms with van der Waals surface area (Å²) in [7, 11) is 0. The van der Waals surface area contributed by atoms with Gasteiger partial charge < -0.3 is 5.11 Å². The van der Waals surface area contributed by atoms with Crippen molar-refractivity contribution in [1.29, 1.82) is 0 Å². The fourth-order valence-electron chi connectivity index (χ4n) is 1.64. The average Bonchev–Trinajstić information content (AvgIpc) is 2.74. The second-order valence-corrected chi connectivity index (χ2v) is 5.96. The van der Waals surface area contributed by atoms with E-state index < -0.39 is 17.8 Å². The number of rotatable bonds is 2. The molecule has 1 aromatic heterocycles. The standard InChI is InChI=1S/C12H8BrF3OS/c13-10-5-7(6-18-10)11(17)8-3-1-2-4-9(8)12(14,15)16/h1-6,11,17H. The number of thiophene rings is 1. The van der Waals surface area contributed by atoms with Crippen LogP contribution in [0.5, 0.6) is 0 Å². The quantitative estimate of drug-likeness (QED) is 0.848. The molecule has 0 aliphatic rings. The van der Waals surface area contributed by atoms with E-state index in [0.717, 1.165) is 9.85 Å². The van der Waals surface area contributed by atoms with Crippen LogP contribution < -0.4 is 0 Å². The Bertz CT molecular complexity index is 550. The Kier molecular flexibility index (Phi) is 3.79. The van der Waals surface area contributed by atoms with Gasteiger partial charge >= 0.3 is 6.18 Å². The number of alkyl halides is 3. The second-order valence-electron chi connectivity index (χ2n) is 3.67. The summed E-state index contributed by atoms with van der Waals surface area (Å²) in [5.74, 6) is 0. The Morgan fingerprint density at radius 2 is 1.89 bits per heavy atom. The minimum Gasteiger partial charge on any atom is -0.384 e. The number of benzene rings is 1. The van der Waals surface area contributed by atoms with E-state index in [1.807, 2.05) is 0 Å². The fraction of sp³-hybridized carbons (Fsp3) is 0.167. The van der Waals surface area contributed by atoms with Crippen LogP contribution in [0.1, 0.15) is 22.8 Å². The highest BCUT2D eigenvalue weighted by atomic mass is 79.9. The minimum absolute atomic E-state index is 0.129. The van der Waals surface area contributed by atoms with Crippen LogP contribution in [-0.2, 0) is 6.18 Å². The molecule has 96 valence electrons. The molecule has 2 rings (SSSR count). The highest BCUT2D eigenvalue weighted by molar-refractivity contribution is 9.11. The largest absolute Gasteiger partial charge is 0.416 e. The summed E-state index contributed by atoms with van der Waals surface area (Å²) >= 11 is 4.53. The first-order valence-corrected chi connectivity index (χ1v) is 6.65. The van der Waals surface area contributed by atoms with Gasteiger partial charge in [-0.25, -0.2) is 0 Å². The molecule has 0 amide bonds. The number of aliphatic hydroxyl groups is 1. The van der Waals surface area contributed by atoms with Gasteiger partial charge in [0.25, 0.3) is 0 Å². The third-order valence-electron chi connectivity index (χ3n) is 2.46. The van der Waals surface area contributed by atoms with Crippen LogP contribution in [0.25, 0.3) is 0 Å². The predicted octanol–water partition coefficient (Wildman–Crippen LogP) is 4.61. The van der Waals surface area contributed by atoms with Crippen molar-refractivity contribution in [2.75, 3.05) is 0 Å². The second kappa shape index (κ2) is 5.03. The van der Waals surface area contributed by atoms with E-state index in [1.165, 1.54) is 29.5 Å². The van der Waals surface area contributed by atoms with Crippen molar-refractivity contribution in [3.8, 4) is 0 Å². The zero-order chi connectivity index (χ0) is 13.3. The van der Waals surface area contributed by atoms with Gasteiger partial charge in [0.15, 0.2) is 0 Å². The van der Waals surface area contributed by atoms with Crippen LogP contribution in [0.2, 0.25) is 0 Å². The maximum atomic E-state index is 12.8. The van der Waals surface area contributed by atoms with Crippen molar-refractivity contribution in [2.24, 2.45) is 0 Å². The molecule has 0 bridgehead atoms. The van der Waals surface area contributed by atoms with E-state index in [0.29, 0.717) is 5.56 Å². The van der Waals surface area contributed by atoms with Crippen molar-refractivity contribution in [3.63, 3.8) is 0 Å². The maximum absolute atomic E-state index is 12.8. The third-order valence-corrected chi connectivity index (χ3v) is 3.99. The normalized spacial score (nSPS) is 13.6. The van der Waals surface area contributed by atoms with E-state index in [9.17, 15) is 18.3 Å². The fourth-order valence-corrected chi connectivity index (χ4v) is 2.83. The van der Waals surface area contributed by atoms with E-state index in [4.69, 9.17) is 0 Å². The van der Waals surface area contributed by atoms with Gasteiger partial charge in [-0.2, -0.15) is 13.2 Å². The van der Waals surface area contributed by atoms with Gasteiger partial charge in [-0.15, -0.1) is 11.3 Å². The summed E-state index contributed by atoms with van der Waals surface area (Å²) in [5, 5.41) is 11.7. The van der Waals surface area contributed by atoms with Crippen LogP contribution in [0.15, 0.2) is 39.5 Å². The zero-order valence-electron chi connectivity index (χ0n) is 8.91. The van der Waals surface area contributed by atoms with Crippen LogP contribution in [0, 0.1) is 0 Å². The molecule has 1 aromatic carbocycles. The van der Waals surface area contributed by atoms with E-state index in [2.05, 4.69) is 15.9 Å². The first-order valence-electron chi connectivity index (χ1n) is 4.97. The molecule has 1 atom stereocenters. The highest BCUT2D eigenvalue weighted by Crippen LogP contribution is 2.37. The van der Waals surface area contributed by atoms with Gasteiger partial charge in [0.1, 0.15) is 6.10 Å². The van der Waals surface area contributed by atoms with Crippen molar-refractivity contribution >= 4 is 27.3 Å². The third kappa shape index (κ3) is 2.76. The van der Waals surface area contributed by atoms with Crippen LogP contribution in [-0.4, -0.2) is 5.11 Å². The van der Waals surface area contributed by atoms with E-state index in [-0.39, 0.29) is 5.56 Å². The number of hydrogen-bond donors (Lipinski definition) is 1. The first kappa shape index (κ1) is 13.6. The molecule has 0 spiro atoms. The van der Waals surface area contributed by atoms with Gasteiger partial charge in [-0.1, -0.05) is 18.2 Å². The molecule has 1 nitrogen and oxygen atoms in total. The van der Waals surface area contributed by atoms with Crippen LogP contribution in [0.3, 0.4) is 0 Å². The molecule has 0 aliphatic carbocycles. The maximum Gasteiger partial charge on any atom is 0.416 e. The lowest BCUT2D eigenvalue weighted by Crippen LogP contribution is -2.12. The molecule has 0 aliphatic heterocycles. The molecular formula is C12H8BrF3OS. The zero-order valence-corrected chi connectivity index (χ0v) is 11.3. The Balaban J connectivity index is 2.45. The van der Waals surface area contributed by atoms with Gasteiger partial charge in [-0.3, -0.25) is 0 Å². The summed E-state index contributed by atoms with van der Waals surface area (Å²) in [4.78, 5) is 0. The lowest BCUT2D eigenvalue weighted by molar-refractivity contribution is -0.139. The smallest absolute Gasteiger partial charge is 0.384 e. The molecule has 0 saturated heterocycles. The molecule has 18 heavy (non-hydrogen) atoms. The topological polar surface area (TPSA) is 20.2 Å². The summed E-state index contributed by atoms with van der Waals surface area (Å²) in [5.41, 5.74) is -0.487. The van der Waals surface area contributed by atoms with E-state index in [1.54, 1.807) is 11.4 Å². The Hall–Kier alpha value is -0.850. The van der Waals surface area contributed by atoms with Crippen molar-refractivity contribution < 1.29 is 18.3 Å². The highest BCUT2D eigenvalue weighted by Gasteiger charge is 2.35. The molecule has 0 fully saturated rings. The summed E-state index contributed by atoms with van der Waals surface area (Å²) in [6, 6.07) is 6.67. The van der Waals surface area contributed by atoms with Crippen molar-refractivity contribution in [1.82, 2.24) is 0 Å². The summed E-state index contributed by atoms with van der Waals surface area (Å²) in [6.07, 6.45) is -5.74. The minimum atomic E-state index is -4.47. The van der Waals surface area contributed by atoms with Gasteiger partial charge in [-0.05, 0) is 44.6 Å². The average molecular weight is 337 g/mol. The molecule has 0 radical (unpaired) electrons. The van der Waals surface area contributed by atoms with Crippen LogP contribution >= 0.6 is 27.3 Å². The summed E-state index contributed by atoms with van der Waals surface area (Å²) < 4.78 is 39.2. The molecule has 1 heterocycles. The van der Waals surface area contributed by atoms with Gasteiger partial charge in [0, 0.05) is 0 Å². The molecule has 1 unspecified atom stereocenters. The van der Waals surface area contributed by atoms with Crippen molar-refractivity contribution in [2.45, 2.75) is 12.3 Å². The molecule has 2 aromatic rings. The van der Waals surface area contributed by atoms with Gasteiger partial charge in [0.05, 0.1) is 9.35 Å². The lowest BCUT2D eigenvalue weighted by Gasteiger charge is -2.16. The SMILES string of the molecule is OC(c1csc(Br)c1)c1ccccc1C(F)(F)F. The monoisotopic (exact) mass is 336 g/mol. The summed E-state index contributed by atoms with van der Waals surface area (Å²) in [6.45, 7) is 0. The van der Waals surface area contributed by atoms with E-state index >= 15 is 0 Å². The Morgan fingerprint density at radius 3 is 2.44 bits per heavy atom. The molecular weight excluding hydrogens is 329 g/mol. The Morgan fingerprint density at radius 1 is 1.22 bits per heavy atom.